The fourth-order valence-corrected chi connectivity index (χ4v) is 1.57. The second kappa shape index (κ2) is 8.78. The zero-order valence-corrected chi connectivity index (χ0v) is 11.7. The predicted molar refractivity (Wildman–Crippen MR) is 75.0 cm³/mol. The van der Waals surface area contributed by atoms with Crippen molar-refractivity contribution in [2.24, 2.45) is 5.73 Å². The van der Waals surface area contributed by atoms with Gasteiger partial charge in [-0.15, -0.1) is 12.4 Å². The molecule has 0 saturated heterocycles. The average molecular weight is 273 g/mol. The molecule has 1 rings (SSSR count). The fraction of sp³-hybridized carbons (Fsp3) is 0.462. The van der Waals surface area contributed by atoms with Gasteiger partial charge in [0.25, 0.3) is 5.91 Å². The van der Waals surface area contributed by atoms with Crippen LogP contribution >= 0.6 is 12.4 Å². The lowest BCUT2D eigenvalue weighted by atomic mass is 10.2. The molecule has 0 aliphatic rings. The van der Waals surface area contributed by atoms with Crippen LogP contribution in [0.4, 0.5) is 0 Å². The van der Waals surface area contributed by atoms with Crippen LogP contribution in [0.15, 0.2) is 24.3 Å². The van der Waals surface area contributed by atoms with E-state index in [1.165, 1.54) is 0 Å². The molecule has 1 aromatic carbocycles. The van der Waals surface area contributed by atoms with Gasteiger partial charge in [-0.25, -0.2) is 0 Å². The summed E-state index contributed by atoms with van der Waals surface area (Å²) in [5, 5.41) is 0. The number of halogens is 1. The van der Waals surface area contributed by atoms with Crippen LogP contribution in [0.25, 0.3) is 0 Å². The quantitative estimate of drug-likeness (QED) is 0.859. The average Bonchev–Trinajstić information content (AvgIpc) is 2.38. The van der Waals surface area contributed by atoms with Crippen molar-refractivity contribution in [1.29, 1.82) is 0 Å². The van der Waals surface area contributed by atoms with Crippen molar-refractivity contribution in [3.8, 4) is 5.75 Å². The van der Waals surface area contributed by atoms with Gasteiger partial charge in [0, 0.05) is 19.6 Å². The van der Waals surface area contributed by atoms with Crippen molar-refractivity contribution in [2.45, 2.75) is 20.4 Å². The SMILES string of the molecule is CCN(CC)C(=O)COc1cccc(CN)c1.Cl. The number of nitrogens with two attached hydrogens (primary N) is 1. The number of carbonyl (C=O) groups excluding carboxylic acids is 1. The van der Waals surface area contributed by atoms with Crippen LogP contribution in [0, 0.1) is 0 Å². The van der Waals surface area contributed by atoms with E-state index >= 15 is 0 Å². The van der Waals surface area contributed by atoms with Crippen molar-refractivity contribution >= 4 is 18.3 Å². The zero-order valence-electron chi connectivity index (χ0n) is 10.9. The summed E-state index contributed by atoms with van der Waals surface area (Å²) < 4.78 is 5.45. The van der Waals surface area contributed by atoms with Crippen molar-refractivity contribution in [3.63, 3.8) is 0 Å². The summed E-state index contributed by atoms with van der Waals surface area (Å²) in [4.78, 5) is 13.5. The number of amides is 1. The number of ether oxygens (including phenoxy) is 1. The second-order valence-corrected chi connectivity index (χ2v) is 3.71. The fourth-order valence-electron chi connectivity index (χ4n) is 1.57. The molecule has 0 bridgehead atoms. The maximum Gasteiger partial charge on any atom is 0.260 e. The molecule has 5 heteroatoms. The van der Waals surface area contributed by atoms with Gasteiger partial charge in [0.15, 0.2) is 6.61 Å². The third-order valence-electron chi connectivity index (χ3n) is 2.61. The number of benzene rings is 1. The first kappa shape index (κ1) is 16.7. The van der Waals surface area contributed by atoms with E-state index in [0.29, 0.717) is 25.4 Å². The number of carbonyl (C=O) groups is 1. The Morgan fingerprint density at radius 2 is 2.00 bits per heavy atom. The largest absolute Gasteiger partial charge is 0.484 e. The standard InChI is InChI=1S/C13H20N2O2.ClH/c1-3-15(4-2)13(16)10-17-12-7-5-6-11(8-12)9-14;/h5-8H,3-4,9-10,14H2,1-2H3;1H. The van der Waals surface area contributed by atoms with Gasteiger partial charge < -0.3 is 15.4 Å². The van der Waals surface area contributed by atoms with E-state index in [4.69, 9.17) is 10.5 Å². The number of rotatable bonds is 6. The minimum Gasteiger partial charge on any atom is -0.484 e. The molecular weight excluding hydrogens is 252 g/mol. The van der Waals surface area contributed by atoms with E-state index in [-0.39, 0.29) is 24.9 Å². The van der Waals surface area contributed by atoms with Gasteiger partial charge in [-0.2, -0.15) is 0 Å². The van der Waals surface area contributed by atoms with Crippen molar-refractivity contribution < 1.29 is 9.53 Å². The highest BCUT2D eigenvalue weighted by Crippen LogP contribution is 2.12. The summed E-state index contributed by atoms with van der Waals surface area (Å²) in [7, 11) is 0. The number of hydrogen-bond donors (Lipinski definition) is 1. The maximum atomic E-state index is 11.7. The molecule has 0 radical (unpaired) electrons. The number of likely N-dealkylation sites (N-methyl/N-ethyl adjacent to an activating group) is 1. The molecule has 2 N–H and O–H groups in total. The topological polar surface area (TPSA) is 55.6 Å². The van der Waals surface area contributed by atoms with Crippen LogP contribution in [-0.2, 0) is 11.3 Å². The lowest BCUT2D eigenvalue weighted by Gasteiger charge is -2.18. The Kier molecular flexibility index (Phi) is 8.16. The van der Waals surface area contributed by atoms with Gasteiger partial charge in [0.05, 0.1) is 0 Å². The lowest BCUT2D eigenvalue weighted by molar-refractivity contribution is -0.132. The minimum absolute atomic E-state index is 0. The summed E-state index contributed by atoms with van der Waals surface area (Å²) >= 11 is 0. The van der Waals surface area contributed by atoms with E-state index in [0.717, 1.165) is 5.56 Å². The van der Waals surface area contributed by atoms with E-state index in [2.05, 4.69) is 0 Å². The maximum absolute atomic E-state index is 11.7. The van der Waals surface area contributed by atoms with Gasteiger partial charge in [-0.3, -0.25) is 4.79 Å². The van der Waals surface area contributed by atoms with Gasteiger partial charge >= 0.3 is 0 Å². The van der Waals surface area contributed by atoms with Crippen molar-refractivity contribution in [2.75, 3.05) is 19.7 Å². The van der Waals surface area contributed by atoms with Crippen LogP contribution in [-0.4, -0.2) is 30.5 Å². The molecule has 0 aliphatic carbocycles. The smallest absolute Gasteiger partial charge is 0.260 e. The van der Waals surface area contributed by atoms with E-state index in [1.54, 1.807) is 4.90 Å². The van der Waals surface area contributed by atoms with E-state index in [1.807, 2.05) is 38.1 Å². The molecular formula is C13H21ClN2O2. The van der Waals surface area contributed by atoms with E-state index < -0.39 is 0 Å². The van der Waals surface area contributed by atoms with Gasteiger partial charge in [0.1, 0.15) is 5.75 Å². The Bertz CT molecular complexity index is 368. The molecule has 0 aromatic heterocycles. The van der Waals surface area contributed by atoms with Crippen LogP contribution in [0.3, 0.4) is 0 Å². The summed E-state index contributed by atoms with van der Waals surface area (Å²) in [6.45, 7) is 5.88. The first-order valence-corrected chi connectivity index (χ1v) is 5.90. The third kappa shape index (κ3) is 4.94. The van der Waals surface area contributed by atoms with Crippen molar-refractivity contribution in [1.82, 2.24) is 4.90 Å². The van der Waals surface area contributed by atoms with Gasteiger partial charge in [-0.05, 0) is 31.5 Å². The molecule has 18 heavy (non-hydrogen) atoms. The Morgan fingerprint density at radius 3 is 2.56 bits per heavy atom. The molecule has 0 aliphatic heterocycles. The molecule has 1 aromatic rings. The molecule has 0 unspecified atom stereocenters. The minimum atomic E-state index is 0. The highest BCUT2D eigenvalue weighted by atomic mass is 35.5. The summed E-state index contributed by atoms with van der Waals surface area (Å²) in [5.41, 5.74) is 6.53. The highest BCUT2D eigenvalue weighted by Gasteiger charge is 2.09. The summed E-state index contributed by atoms with van der Waals surface area (Å²) in [5.74, 6) is 0.696. The Hall–Kier alpha value is -1.26. The summed E-state index contributed by atoms with van der Waals surface area (Å²) in [6, 6.07) is 7.49. The molecule has 0 atom stereocenters. The van der Waals surface area contributed by atoms with Crippen LogP contribution in [0.5, 0.6) is 5.75 Å². The first-order chi connectivity index (χ1) is 8.21. The normalized spacial score (nSPS) is 9.50. The highest BCUT2D eigenvalue weighted by molar-refractivity contribution is 5.85. The number of nitrogens with zero attached hydrogens (tertiary/aromatic N) is 1. The molecule has 0 saturated carbocycles. The summed E-state index contributed by atoms with van der Waals surface area (Å²) in [6.07, 6.45) is 0. The van der Waals surface area contributed by atoms with Gasteiger partial charge in [0.2, 0.25) is 0 Å². The Labute approximate surface area is 115 Å². The lowest BCUT2D eigenvalue weighted by Crippen LogP contribution is -2.34. The Morgan fingerprint density at radius 1 is 1.33 bits per heavy atom. The monoisotopic (exact) mass is 272 g/mol. The van der Waals surface area contributed by atoms with Crippen LogP contribution in [0.2, 0.25) is 0 Å². The zero-order chi connectivity index (χ0) is 12.7. The molecule has 0 heterocycles. The molecule has 4 nitrogen and oxygen atoms in total. The molecule has 102 valence electrons. The van der Waals surface area contributed by atoms with E-state index in [9.17, 15) is 4.79 Å². The molecule has 0 spiro atoms. The predicted octanol–water partition coefficient (Wildman–Crippen LogP) is 1.81. The Balaban J connectivity index is 0.00000289. The van der Waals surface area contributed by atoms with Crippen LogP contribution < -0.4 is 10.5 Å². The first-order valence-electron chi connectivity index (χ1n) is 5.90. The van der Waals surface area contributed by atoms with Crippen LogP contribution in [0.1, 0.15) is 19.4 Å². The molecule has 0 fully saturated rings. The van der Waals surface area contributed by atoms with Gasteiger partial charge in [-0.1, -0.05) is 12.1 Å². The second-order valence-electron chi connectivity index (χ2n) is 3.71. The number of hydrogen-bond acceptors (Lipinski definition) is 3. The third-order valence-corrected chi connectivity index (χ3v) is 2.61. The van der Waals surface area contributed by atoms with Crippen molar-refractivity contribution in [3.05, 3.63) is 29.8 Å². The molecule has 1 amide bonds.